The maximum atomic E-state index is 13.7. The Morgan fingerprint density at radius 3 is 2.70 bits per heavy atom. The van der Waals surface area contributed by atoms with Crippen molar-refractivity contribution in [3.05, 3.63) is 67.9 Å². The standard InChI is InChI=1S/C14H12BrFN2O2/c1-9-2-3-14(13(16)4-9)17-8-10-5-11(15)7-12(6-10)18(19)20/h2-7,17H,8H2,1H3. The van der Waals surface area contributed by atoms with Crippen molar-refractivity contribution in [2.24, 2.45) is 0 Å². The molecule has 0 atom stereocenters. The summed E-state index contributed by atoms with van der Waals surface area (Å²) in [6, 6.07) is 9.53. The van der Waals surface area contributed by atoms with Crippen LogP contribution < -0.4 is 5.32 Å². The lowest BCUT2D eigenvalue weighted by Crippen LogP contribution is -2.02. The van der Waals surface area contributed by atoms with E-state index in [-0.39, 0.29) is 11.5 Å². The summed E-state index contributed by atoms with van der Waals surface area (Å²) >= 11 is 3.23. The predicted molar refractivity (Wildman–Crippen MR) is 79.3 cm³/mol. The second-order valence-corrected chi connectivity index (χ2v) is 5.33. The molecule has 0 saturated heterocycles. The highest BCUT2D eigenvalue weighted by molar-refractivity contribution is 9.10. The molecule has 0 aliphatic carbocycles. The molecule has 0 bridgehead atoms. The summed E-state index contributed by atoms with van der Waals surface area (Å²) in [5, 5.41) is 13.7. The molecular formula is C14H12BrFN2O2. The molecule has 0 spiro atoms. The first-order chi connectivity index (χ1) is 9.45. The van der Waals surface area contributed by atoms with E-state index in [4.69, 9.17) is 0 Å². The lowest BCUT2D eigenvalue weighted by molar-refractivity contribution is -0.385. The number of rotatable bonds is 4. The van der Waals surface area contributed by atoms with Crippen molar-refractivity contribution in [3.8, 4) is 0 Å². The van der Waals surface area contributed by atoms with Crippen molar-refractivity contribution in [2.75, 3.05) is 5.32 Å². The van der Waals surface area contributed by atoms with Gasteiger partial charge in [-0.05, 0) is 36.2 Å². The zero-order chi connectivity index (χ0) is 14.7. The van der Waals surface area contributed by atoms with Gasteiger partial charge in [0, 0.05) is 23.2 Å². The van der Waals surface area contributed by atoms with E-state index in [0.29, 0.717) is 22.3 Å². The molecule has 0 unspecified atom stereocenters. The third-order valence-corrected chi connectivity index (χ3v) is 3.22. The van der Waals surface area contributed by atoms with Gasteiger partial charge in [-0.15, -0.1) is 0 Å². The number of nitrogens with one attached hydrogen (secondary N) is 1. The summed E-state index contributed by atoms with van der Waals surface area (Å²) in [5.74, 6) is -0.338. The van der Waals surface area contributed by atoms with Crippen molar-refractivity contribution in [3.63, 3.8) is 0 Å². The molecule has 0 heterocycles. The maximum absolute atomic E-state index is 13.7. The topological polar surface area (TPSA) is 55.2 Å². The van der Waals surface area contributed by atoms with Gasteiger partial charge in [-0.2, -0.15) is 0 Å². The van der Waals surface area contributed by atoms with Crippen LogP contribution in [0.2, 0.25) is 0 Å². The zero-order valence-electron chi connectivity index (χ0n) is 10.7. The highest BCUT2D eigenvalue weighted by Gasteiger charge is 2.09. The van der Waals surface area contributed by atoms with Crippen molar-refractivity contribution in [2.45, 2.75) is 13.5 Å². The van der Waals surface area contributed by atoms with Gasteiger partial charge in [0.25, 0.3) is 5.69 Å². The summed E-state index contributed by atoms with van der Waals surface area (Å²) in [6.07, 6.45) is 0. The van der Waals surface area contributed by atoms with Gasteiger partial charge in [-0.3, -0.25) is 10.1 Å². The number of benzene rings is 2. The van der Waals surface area contributed by atoms with Crippen molar-refractivity contribution in [1.29, 1.82) is 0 Å². The molecule has 104 valence electrons. The molecule has 0 fully saturated rings. The highest BCUT2D eigenvalue weighted by atomic mass is 79.9. The second kappa shape index (κ2) is 6.00. The van der Waals surface area contributed by atoms with E-state index in [1.54, 1.807) is 18.2 Å². The van der Waals surface area contributed by atoms with Gasteiger partial charge in [0.15, 0.2) is 0 Å². The summed E-state index contributed by atoms with van der Waals surface area (Å²) in [6.45, 7) is 2.12. The lowest BCUT2D eigenvalue weighted by atomic mass is 10.2. The fourth-order valence-corrected chi connectivity index (χ4v) is 2.33. The molecule has 0 saturated carbocycles. The second-order valence-electron chi connectivity index (χ2n) is 4.41. The molecule has 2 rings (SSSR count). The number of hydrogen-bond acceptors (Lipinski definition) is 3. The van der Waals surface area contributed by atoms with Gasteiger partial charge >= 0.3 is 0 Å². The first-order valence-electron chi connectivity index (χ1n) is 5.89. The number of hydrogen-bond donors (Lipinski definition) is 1. The fourth-order valence-electron chi connectivity index (χ4n) is 1.80. The van der Waals surface area contributed by atoms with Crippen LogP contribution in [0.4, 0.5) is 15.8 Å². The van der Waals surface area contributed by atoms with Crippen LogP contribution in [-0.4, -0.2) is 4.92 Å². The summed E-state index contributed by atoms with van der Waals surface area (Å²) in [5.41, 5.74) is 1.91. The van der Waals surface area contributed by atoms with Crippen LogP contribution in [0, 0.1) is 22.9 Å². The molecule has 0 amide bonds. The minimum Gasteiger partial charge on any atom is -0.379 e. The van der Waals surface area contributed by atoms with Crippen molar-refractivity contribution < 1.29 is 9.31 Å². The molecule has 4 nitrogen and oxygen atoms in total. The van der Waals surface area contributed by atoms with E-state index in [2.05, 4.69) is 21.2 Å². The van der Waals surface area contributed by atoms with Crippen LogP contribution in [0.5, 0.6) is 0 Å². The number of nitro groups is 1. The van der Waals surface area contributed by atoms with E-state index in [1.807, 2.05) is 6.92 Å². The molecule has 6 heteroatoms. The van der Waals surface area contributed by atoms with Gasteiger partial charge in [0.2, 0.25) is 0 Å². The Hall–Kier alpha value is -1.95. The number of halogens is 2. The van der Waals surface area contributed by atoms with E-state index in [1.165, 1.54) is 18.2 Å². The average molecular weight is 339 g/mol. The Labute approximate surface area is 123 Å². The highest BCUT2D eigenvalue weighted by Crippen LogP contribution is 2.23. The number of non-ortho nitro benzene ring substituents is 1. The molecule has 0 aliphatic rings. The zero-order valence-corrected chi connectivity index (χ0v) is 12.3. The number of nitrogens with zero attached hydrogens (tertiary/aromatic N) is 1. The quantitative estimate of drug-likeness (QED) is 0.663. The van der Waals surface area contributed by atoms with Gasteiger partial charge in [0.05, 0.1) is 10.6 Å². The Bertz CT molecular complexity index is 662. The van der Waals surface area contributed by atoms with Crippen LogP contribution >= 0.6 is 15.9 Å². The molecule has 2 aromatic carbocycles. The molecule has 0 aliphatic heterocycles. The third kappa shape index (κ3) is 3.54. The smallest absolute Gasteiger partial charge is 0.270 e. The first kappa shape index (κ1) is 14.5. The molecule has 0 aromatic heterocycles. The number of aryl methyl sites for hydroxylation is 1. The monoisotopic (exact) mass is 338 g/mol. The summed E-state index contributed by atoms with van der Waals surface area (Å²) < 4.78 is 14.3. The Morgan fingerprint density at radius 1 is 1.30 bits per heavy atom. The van der Waals surface area contributed by atoms with Gasteiger partial charge < -0.3 is 5.32 Å². The molecule has 2 aromatic rings. The Balaban J connectivity index is 2.16. The van der Waals surface area contributed by atoms with Crippen LogP contribution in [0.25, 0.3) is 0 Å². The van der Waals surface area contributed by atoms with E-state index in [0.717, 1.165) is 5.56 Å². The first-order valence-corrected chi connectivity index (χ1v) is 6.69. The summed E-state index contributed by atoms with van der Waals surface area (Å²) in [7, 11) is 0. The van der Waals surface area contributed by atoms with Crippen molar-refractivity contribution in [1.82, 2.24) is 0 Å². The largest absolute Gasteiger partial charge is 0.379 e. The SMILES string of the molecule is Cc1ccc(NCc2cc(Br)cc([N+](=O)[O-])c2)c(F)c1. The van der Waals surface area contributed by atoms with Crippen LogP contribution in [0.1, 0.15) is 11.1 Å². The van der Waals surface area contributed by atoms with E-state index in [9.17, 15) is 14.5 Å². The Kier molecular flexibility index (Phi) is 4.34. The summed E-state index contributed by atoms with van der Waals surface area (Å²) in [4.78, 5) is 10.3. The lowest BCUT2D eigenvalue weighted by Gasteiger charge is -2.08. The third-order valence-electron chi connectivity index (χ3n) is 2.76. The van der Waals surface area contributed by atoms with E-state index < -0.39 is 4.92 Å². The van der Waals surface area contributed by atoms with Gasteiger partial charge in [-0.1, -0.05) is 22.0 Å². The van der Waals surface area contributed by atoms with Gasteiger partial charge in [-0.25, -0.2) is 4.39 Å². The minimum atomic E-state index is -0.458. The predicted octanol–water partition coefficient (Wildman–Crippen LogP) is 4.42. The molecule has 20 heavy (non-hydrogen) atoms. The molecular weight excluding hydrogens is 327 g/mol. The van der Waals surface area contributed by atoms with Gasteiger partial charge in [0.1, 0.15) is 5.82 Å². The minimum absolute atomic E-state index is 0.000512. The fraction of sp³-hybridized carbons (Fsp3) is 0.143. The number of nitro benzene ring substituents is 1. The Morgan fingerprint density at radius 2 is 2.05 bits per heavy atom. The number of anilines is 1. The molecule has 0 radical (unpaired) electrons. The van der Waals surface area contributed by atoms with Crippen molar-refractivity contribution >= 4 is 27.3 Å². The van der Waals surface area contributed by atoms with E-state index >= 15 is 0 Å². The maximum Gasteiger partial charge on any atom is 0.270 e. The van der Waals surface area contributed by atoms with Crippen LogP contribution in [0.15, 0.2) is 40.9 Å². The van der Waals surface area contributed by atoms with Crippen LogP contribution in [0.3, 0.4) is 0 Å². The van der Waals surface area contributed by atoms with Crippen LogP contribution in [-0.2, 0) is 6.54 Å². The normalized spacial score (nSPS) is 10.3. The molecule has 1 N–H and O–H groups in total. The average Bonchev–Trinajstić information content (AvgIpc) is 2.37.